The van der Waals surface area contributed by atoms with Crippen LogP contribution in [0.5, 0.6) is 0 Å². The van der Waals surface area contributed by atoms with Gasteiger partial charge in [-0.15, -0.1) is 0 Å². The Balaban J connectivity index is 1.96. The lowest BCUT2D eigenvalue weighted by Gasteiger charge is -2.04. The number of nitrogens with zero attached hydrogens (tertiary/aromatic N) is 1. The normalized spacial score (nSPS) is 10.3. The van der Waals surface area contributed by atoms with E-state index in [-0.39, 0.29) is 18.8 Å². The minimum atomic E-state index is -0.834. The molecule has 1 aromatic carbocycles. The van der Waals surface area contributed by atoms with Gasteiger partial charge in [-0.05, 0) is 42.7 Å². The number of aromatic nitrogens is 1. The Bertz CT molecular complexity index is 651. The van der Waals surface area contributed by atoms with Gasteiger partial charge in [0.1, 0.15) is 5.82 Å². The fraction of sp³-hybridized carbons (Fsp3) is 0.235. The van der Waals surface area contributed by atoms with Gasteiger partial charge in [0.15, 0.2) is 0 Å². The van der Waals surface area contributed by atoms with Crippen LogP contribution < -0.4 is 0 Å². The maximum atomic E-state index is 12.8. The number of hydrogen-bond acceptors (Lipinski definition) is 4. The predicted molar refractivity (Wildman–Crippen MR) is 78.8 cm³/mol. The van der Waals surface area contributed by atoms with Crippen molar-refractivity contribution in [3.63, 3.8) is 0 Å². The van der Waals surface area contributed by atoms with Crippen LogP contribution in [0.15, 0.2) is 42.6 Å². The molecule has 0 aliphatic heterocycles. The van der Waals surface area contributed by atoms with Gasteiger partial charge in [-0.25, -0.2) is 9.18 Å². The number of pyridine rings is 1. The number of esters is 1. The lowest BCUT2D eigenvalue weighted by molar-refractivity contribution is -0.153. The number of benzene rings is 1. The van der Waals surface area contributed by atoms with Gasteiger partial charge in [0.2, 0.25) is 5.78 Å². The molecule has 0 spiro atoms. The fourth-order valence-electron chi connectivity index (χ4n) is 1.95. The molecule has 0 saturated heterocycles. The monoisotopic (exact) mass is 301 g/mol. The number of Topliss-reactive ketones (excluding diaryl/α,β-unsaturated/α-hetero) is 1. The topological polar surface area (TPSA) is 56.3 Å². The smallest absolute Gasteiger partial charge is 0.375 e. The van der Waals surface area contributed by atoms with Gasteiger partial charge in [-0.1, -0.05) is 18.2 Å². The Hall–Kier alpha value is -2.56. The van der Waals surface area contributed by atoms with Crippen molar-refractivity contribution in [1.82, 2.24) is 4.98 Å². The molecule has 0 saturated carbocycles. The summed E-state index contributed by atoms with van der Waals surface area (Å²) < 4.78 is 17.5. The average molecular weight is 301 g/mol. The zero-order chi connectivity index (χ0) is 15.9. The third-order valence-electron chi connectivity index (χ3n) is 3.05. The number of halogens is 1. The summed E-state index contributed by atoms with van der Waals surface area (Å²) >= 11 is 0. The van der Waals surface area contributed by atoms with E-state index in [0.29, 0.717) is 12.1 Å². The number of rotatable bonds is 6. The van der Waals surface area contributed by atoms with Crippen molar-refractivity contribution in [1.29, 1.82) is 0 Å². The van der Waals surface area contributed by atoms with E-state index in [1.54, 1.807) is 31.3 Å². The lowest BCUT2D eigenvalue weighted by atomic mass is 10.1. The van der Waals surface area contributed by atoms with E-state index in [0.717, 1.165) is 11.1 Å². The molecular weight excluding hydrogens is 285 g/mol. The summed E-state index contributed by atoms with van der Waals surface area (Å²) in [6.07, 6.45) is 2.20. The molecule has 2 rings (SSSR count). The summed E-state index contributed by atoms with van der Waals surface area (Å²) in [5.74, 6) is -1.71. The van der Waals surface area contributed by atoms with E-state index >= 15 is 0 Å². The molecule has 0 atom stereocenters. The number of ether oxygens (including phenoxy) is 1. The van der Waals surface area contributed by atoms with Gasteiger partial charge in [0.05, 0.1) is 13.0 Å². The van der Waals surface area contributed by atoms with E-state index in [9.17, 15) is 14.0 Å². The highest BCUT2D eigenvalue weighted by Crippen LogP contribution is 2.10. The fourth-order valence-corrected chi connectivity index (χ4v) is 1.95. The third kappa shape index (κ3) is 4.48. The van der Waals surface area contributed by atoms with Crippen LogP contribution in [-0.2, 0) is 27.2 Å². The molecule has 0 bridgehead atoms. The average Bonchev–Trinajstić information content (AvgIpc) is 2.51. The van der Waals surface area contributed by atoms with Gasteiger partial charge < -0.3 is 4.74 Å². The van der Waals surface area contributed by atoms with Crippen molar-refractivity contribution in [2.24, 2.45) is 0 Å². The molecule has 2 aromatic rings. The largest absolute Gasteiger partial charge is 0.460 e. The van der Waals surface area contributed by atoms with Gasteiger partial charge >= 0.3 is 5.97 Å². The molecule has 0 unspecified atom stereocenters. The molecule has 4 nitrogen and oxygen atoms in total. The quantitative estimate of drug-likeness (QED) is 0.607. The Morgan fingerprint density at radius 2 is 1.77 bits per heavy atom. The highest BCUT2D eigenvalue weighted by molar-refractivity contribution is 6.34. The van der Waals surface area contributed by atoms with Gasteiger partial charge in [-0.3, -0.25) is 9.78 Å². The first-order valence-electron chi connectivity index (χ1n) is 6.96. The number of ketones is 1. The molecule has 0 aliphatic rings. The second-order valence-corrected chi connectivity index (χ2v) is 4.78. The van der Waals surface area contributed by atoms with E-state index in [1.807, 2.05) is 6.07 Å². The number of carbonyl (C=O) groups excluding carboxylic acids is 2. The summed E-state index contributed by atoms with van der Waals surface area (Å²) in [5.41, 5.74) is 2.43. The summed E-state index contributed by atoms with van der Waals surface area (Å²) in [4.78, 5) is 27.0. The first kappa shape index (κ1) is 15.8. The zero-order valence-electron chi connectivity index (χ0n) is 12.2. The lowest BCUT2D eigenvalue weighted by Crippen LogP contribution is -2.19. The van der Waals surface area contributed by atoms with E-state index in [4.69, 9.17) is 0 Å². The van der Waals surface area contributed by atoms with Crippen LogP contribution in [0, 0.1) is 5.82 Å². The highest BCUT2D eigenvalue weighted by atomic mass is 19.1. The molecule has 0 aliphatic carbocycles. The first-order valence-corrected chi connectivity index (χ1v) is 6.96. The van der Waals surface area contributed by atoms with Crippen molar-refractivity contribution in [3.05, 3.63) is 65.2 Å². The van der Waals surface area contributed by atoms with Crippen LogP contribution in [0.3, 0.4) is 0 Å². The molecule has 1 aromatic heterocycles. The summed E-state index contributed by atoms with van der Waals surface area (Å²) in [6, 6.07) is 9.80. The molecular formula is C17H16FNO3. The van der Waals surface area contributed by atoms with Crippen molar-refractivity contribution < 1.29 is 18.7 Å². The predicted octanol–water partition coefficient (Wildman–Crippen LogP) is 2.49. The second-order valence-electron chi connectivity index (χ2n) is 4.78. The maximum Gasteiger partial charge on any atom is 0.375 e. The molecule has 114 valence electrons. The minimum Gasteiger partial charge on any atom is -0.460 e. The van der Waals surface area contributed by atoms with Crippen LogP contribution in [-0.4, -0.2) is 23.3 Å². The summed E-state index contributed by atoms with van der Waals surface area (Å²) in [7, 11) is 0. The Morgan fingerprint density at radius 1 is 1.09 bits per heavy atom. The van der Waals surface area contributed by atoms with Crippen molar-refractivity contribution >= 4 is 11.8 Å². The molecule has 0 fully saturated rings. The molecule has 0 amide bonds. The standard InChI is InChI=1S/C17H16FNO3/c1-2-22-17(21)16(20)10-15-8-5-13(11-19-15)9-12-3-6-14(18)7-4-12/h3-8,11H,2,9-10H2,1H3. The number of hydrogen-bond donors (Lipinski definition) is 0. The molecule has 1 heterocycles. The zero-order valence-corrected chi connectivity index (χ0v) is 12.2. The van der Waals surface area contributed by atoms with Crippen LogP contribution in [0.4, 0.5) is 4.39 Å². The van der Waals surface area contributed by atoms with Crippen molar-refractivity contribution in [3.8, 4) is 0 Å². The van der Waals surface area contributed by atoms with Crippen LogP contribution >= 0.6 is 0 Å². The Labute approximate surface area is 127 Å². The van der Waals surface area contributed by atoms with Gasteiger partial charge in [-0.2, -0.15) is 0 Å². The van der Waals surface area contributed by atoms with Crippen LogP contribution in [0.1, 0.15) is 23.7 Å². The van der Waals surface area contributed by atoms with E-state index < -0.39 is 11.8 Å². The SMILES string of the molecule is CCOC(=O)C(=O)Cc1ccc(Cc2ccc(F)cc2)cn1. The molecule has 0 radical (unpaired) electrons. The van der Waals surface area contributed by atoms with E-state index in [2.05, 4.69) is 9.72 Å². The maximum absolute atomic E-state index is 12.8. The van der Waals surface area contributed by atoms with E-state index in [1.165, 1.54) is 12.1 Å². The van der Waals surface area contributed by atoms with Crippen molar-refractivity contribution in [2.75, 3.05) is 6.61 Å². The molecule has 22 heavy (non-hydrogen) atoms. The Morgan fingerprint density at radius 3 is 2.36 bits per heavy atom. The third-order valence-corrected chi connectivity index (χ3v) is 3.05. The number of carbonyl (C=O) groups is 2. The van der Waals surface area contributed by atoms with Crippen molar-refractivity contribution in [2.45, 2.75) is 19.8 Å². The Kier molecular flexibility index (Phi) is 5.36. The molecule has 0 N–H and O–H groups in total. The summed E-state index contributed by atoms with van der Waals surface area (Å²) in [5, 5.41) is 0. The first-order chi connectivity index (χ1) is 10.6. The van der Waals surface area contributed by atoms with Gasteiger partial charge in [0, 0.05) is 11.9 Å². The van der Waals surface area contributed by atoms with Gasteiger partial charge in [0.25, 0.3) is 0 Å². The molecule has 5 heteroatoms. The summed E-state index contributed by atoms with van der Waals surface area (Å²) in [6.45, 7) is 1.82. The second kappa shape index (κ2) is 7.45. The van der Waals surface area contributed by atoms with Crippen LogP contribution in [0.2, 0.25) is 0 Å². The highest BCUT2D eigenvalue weighted by Gasteiger charge is 2.15. The minimum absolute atomic E-state index is 0.0737. The van der Waals surface area contributed by atoms with Crippen LogP contribution in [0.25, 0.3) is 0 Å².